The first-order valence-corrected chi connectivity index (χ1v) is 5.80. The van der Waals surface area contributed by atoms with Crippen LogP contribution in [0.1, 0.15) is 23.7 Å². The number of para-hydroxylation sites is 1. The molecule has 0 spiro atoms. The molecule has 0 saturated carbocycles. The number of ketones is 1. The summed E-state index contributed by atoms with van der Waals surface area (Å²) in [4.78, 5) is 23.9. The lowest BCUT2D eigenvalue weighted by Crippen LogP contribution is -2.26. The molecule has 0 bridgehead atoms. The van der Waals surface area contributed by atoms with Gasteiger partial charge in [-0.2, -0.15) is 0 Å². The van der Waals surface area contributed by atoms with Crippen LogP contribution in [0.25, 0.3) is 0 Å². The van der Waals surface area contributed by atoms with Crippen LogP contribution in [-0.2, 0) is 9.53 Å². The van der Waals surface area contributed by atoms with Crippen molar-refractivity contribution in [2.45, 2.75) is 13.3 Å². The standard InChI is InChI=1S/C13H14O5/c1-2-17-13(16)9-6-7-18-12-8(11(9)15)4-3-5-10(12)14/h3-5,9,14H,2,6-7H2,1H3. The smallest absolute Gasteiger partial charge is 0.316 e. The SMILES string of the molecule is CCOC(=O)C1CCOc2c(O)cccc2C1=O. The fourth-order valence-corrected chi connectivity index (χ4v) is 1.94. The van der Waals surface area contributed by atoms with Crippen molar-refractivity contribution in [1.29, 1.82) is 0 Å². The van der Waals surface area contributed by atoms with E-state index in [4.69, 9.17) is 9.47 Å². The highest BCUT2D eigenvalue weighted by atomic mass is 16.5. The third kappa shape index (κ3) is 2.16. The molecule has 1 aromatic carbocycles. The zero-order chi connectivity index (χ0) is 13.1. The molecule has 0 saturated heterocycles. The number of esters is 1. The number of benzene rings is 1. The first-order chi connectivity index (χ1) is 8.65. The number of phenolic OH excluding ortho intramolecular Hbond substituents is 1. The molecule has 96 valence electrons. The molecule has 0 radical (unpaired) electrons. The maximum absolute atomic E-state index is 12.2. The summed E-state index contributed by atoms with van der Waals surface area (Å²) < 4.78 is 10.2. The molecule has 5 nitrogen and oxygen atoms in total. The van der Waals surface area contributed by atoms with Crippen molar-refractivity contribution in [2.24, 2.45) is 5.92 Å². The Kier molecular flexibility index (Phi) is 3.50. The Balaban J connectivity index is 2.35. The largest absolute Gasteiger partial charge is 0.504 e. The van der Waals surface area contributed by atoms with Crippen LogP contribution in [0.5, 0.6) is 11.5 Å². The van der Waals surface area contributed by atoms with Gasteiger partial charge in [-0.3, -0.25) is 9.59 Å². The average Bonchev–Trinajstić information content (AvgIpc) is 2.51. The quantitative estimate of drug-likeness (QED) is 0.636. The van der Waals surface area contributed by atoms with E-state index in [9.17, 15) is 14.7 Å². The van der Waals surface area contributed by atoms with Gasteiger partial charge >= 0.3 is 5.97 Å². The Morgan fingerprint density at radius 1 is 1.56 bits per heavy atom. The molecular weight excluding hydrogens is 236 g/mol. The van der Waals surface area contributed by atoms with Gasteiger partial charge in [0.1, 0.15) is 5.92 Å². The number of hydrogen-bond acceptors (Lipinski definition) is 5. The Morgan fingerprint density at radius 2 is 2.33 bits per heavy atom. The minimum Gasteiger partial charge on any atom is -0.504 e. The number of carbonyl (C=O) groups is 2. The summed E-state index contributed by atoms with van der Waals surface area (Å²) in [6, 6.07) is 4.52. The van der Waals surface area contributed by atoms with E-state index < -0.39 is 11.9 Å². The molecule has 1 aromatic rings. The highest BCUT2D eigenvalue weighted by Gasteiger charge is 2.33. The van der Waals surface area contributed by atoms with E-state index in [1.165, 1.54) is 12.1 Å². The summed E-state index contributed by atoms with van der Waals surface area (Å²) in [5.41, 5.74) is 0.227. The normalized spacial score (nSPS) is 18.5. The Bertz CT molecular complexity index is 480. The number of Topliss-reactive ketones (excluding diaryl/α,β-unsaturated/α-hetero) is 1. The molecule has 0 amide bonds. The predicted molar refractivity (Wildman–Crippen MR) is 62.7 cm³/mol. The highest BCUT2D eigenvalue weighted by Crippen LogP contribution is 2.34. The number of ether oxygens (including phenoxy) is 2. The number of hydrogen-bond donors (Lipinski definition) is 1. The van der Waals surface area contributed by atoms with Crippen molar-refractivity contribution >= 4 is 11.8 Å². The van der Waals surface area contributed by atoms with Gasteiger partial charge in [-0.15, -0.1) is 0 Å². The van der Waals surface area contributed by atoms with E-state index in [-0.39, 0.29) is 42.5 Å². The molecule has 1 aliphatic rings. The Labute approximate surface area is 104 Å². The second-order valence-electron chi connectivity index (χ2n) is 3.96. The number of phenols is 1. The third-order valence-corrected chi connectivity index (χ3v) is 2.80. The monoisotopic (exact) mass is 250 g/mol. The zero-order valence-corrected chi connectivity index (χ0v) is 10.0. The molecule has 1 N–H and O–H groups in total. The van der Waals surface area contributed by atoms with Gasteiger partial charge in [0.05, 0.1) is 18.8 Å². The summed E-state index contributed by atoms with van der Waals surface area (Å²) >= 11 is 0. The lowest BCUT2D eigenvalue weighted by atomic mass is 9.95. The van der Waals surface area contributed by atoms with E-state index >= 15 is 0 Å². The molecule has 2 rings (SSSR count). The van der Waals surface area contributed by atoms with E-state index in [0.29, 0.717) is 0 Å². The maximum Gasteiger partial charge on any atom is 0.316 e. The van der Waals surface area contributed by atoms with Crippen molar-refractivity contribution in [3.8, 4) is 11.5 Å². The van der Waals surface area contributed by atoms with Crippen molar-refractivity contribution in [2.75, 3.05) is 13.2 Å². The van der Waals surface area contributed by atoms with E-state index in [1.54, 1.807) is 13.0 Å². The van der Waals surface area contributed by atoms with Crippen LogP contribution in [0.4, 0.5) is 0 Å². The number of rotatable bonds is 2. The number of fused-ring (bicyclic) bond motifs is 1. The minimum atomic E-state index is -0.854. The van der Waals surface area contributed by atoms with Gasteiger partial charge in [-0.1, -0.05) is 6.07 Å². The van der Waals surface area contributed by atoms with Crippen LogP contribution in [0, 0.1) is 5.92 Å². The first-order valence-electron chi connectivity index (χ1n) is 5.80. The lowest BCUT2D eigenvalue weighted by Gasteiger charge is -2.10. The van der Waals surface area contributed by atoms with Crippen LogP contribution < -0.4 is 4.74 Å². The van der Waals surface area contributed by atoms with Crippen molar-refractivity contribution < 1.29 is 24.2 Å². The van der Waals surface area contributed by atoms with Crippen molar-refractivity contribution in [3.05, 3.63) is 23.8 Å². The molecule has 0 aliphatic carbocycles. The molecular formula is C13H14O5. The van der Waals surface area contributed by atoms with Crippen LogP contribution in [0.2, 0.25) is 0 Å². The van der Waals surface area contributed by atoms with Gasteiger partial charge in [-0.25, -0.2) is 0 Å². The molecule has 0 aromatic heterocycles. The summed E-state index contributed by atoms with van der Waals surface area (Å²) in [5, 5.41) is 9.63. The van der Waals surface area contributed by atoms with Gasteiger partial charge in [0.25, 0.3) is 0 Å². The third-order valence-electron chi connectivity index (χ3n) is 2.80. The van der Waals surface area contributed by atoms with E-state index in [0.717, 1.165) is 0 Å². The van der Waals surface area contributed by atoms with Crippen LogP contribution >= 0.6 is 0 Å². The number of carbonyl (C=O) groups excluding carboxylic acids is 2. The molecule has 0 fully saturated rings. The minimum absolute atomic E-state index is 0.0923. The van der Waals surface area contributed by atoms with Crippen molar-refractivity contribution in [1.82, 2.24) is 0 Å². The van der Waals surface area contributed by atoms with E-state index in [1.807, 2.05) is 0 Å². The van der Waals surface area contributed by atoms with Crippen molar-refractivity contribution in [3.63, 3.8) is 0 Å². The van der Waals surface area contributed by atoms with Crippen LogP contribution in [0.15, 0.2) is 18.2 Å². The van der Waals surface area contributed by atoms with Gasteiger partial charge in [0.15, 0.2) is 17.3 Å². The summed E-state index contributed by atoms with van der Waals surface area (Å²) in [6.07, 6.45) is 0.256. The topological polar surface area (TPSA) is 72.8 Å². The maximum atomic E-state index is 12.2. The molecule has 1 unspecified atom stereocenters. The fourth-order valence-electron chi connectivity index (χ4n) is 1.94. The van der Waals surface area contributed by atoms with Gasteiger partial charge < -0.3 is 14.6 Å². The molecule has 5 heteroatoms. The Hall–Kier alpha value is -2.04. The van der Waals surface area contributed by atoms with Gasteiger partial charge in [0.2, 0.25) is 0 Å². The number of aromatic hydroxyl groups is 1. The first kappa shape index (κ1) is 12.4. The lowest BCUT2D eigenvalue weighted by molar-refractivity contribution is -0.146. The Morgan fingerprint density at radius 3 is 3.06 bits per heavy atom. The zero-order valence-electron chi connectivity index (χ0n) is 10.0. The van der Waals surface area contributed by atoms with Gasteiger partial charge in [-0.05, 0) is 19.1 Å². The predicted octanol–water partition coefficient (Wildman–Crippen LogP) is 1.54. The molecule has 18 heavy (non-hydrogen) atoms. The fraction of sp³-hybridized carbons (Fsp3) is 0.385. The van der Waals surface area contributed by atoms with Gasteiger partial charge in [0, 0.05) is 6.42 Å². The van der Waals surface area contributed by atoms with Crippen LogP contribution in [0.3, 0.4) is 0 Å². The summed E-state index contributed by atoms with van der Waals surface area (Å²) in [6.45, 7) is 2.12. The summed E-state index contributed by atoms with van der Waals surface area (Å²) in [7, 11) is 0. The molecule has 1 aliphatic heterocycles. The average molecular weight is 250 g/mol. The molecule has 1 atom stereocenters. The molecule has 1 heterocycles. The highest BCUT2D eigenvalue weighted by molar-refractivity contribution is 6.10. The van der Waals surface area contributed by atoms with Crippen LogP contribution in [-0.4, -0.2) is 30.1 Å². The second-order valence-corrected chi connectivity index (χ2v) is 3.96. The second kappa shape index (κ2) is 5.08. The summed E-state index contributed by atoms with van der Waals surface area (Å²) in [5.74, 6) is -1.70. The van der Waals surface area contributed by atoms with E-state index in [2.05, 4.69) is 0 Å².